The summed E-state index contributed by atoms with van der Waals surface area (Å²) in [5.74, 6) is -1.74. The molecule has 10 heteroatoms. The van der Waals surface area contributed by atoms with Crippen LogP contribution in [0.3, 0.4) is 0 Å². The molecule has 0 radical (unpaired) electrons. The summed E-state index contributed by atoms with van der Waals surface area (Å²) in [5.41, 5.74) is 0.133. The van der Waals surface area contributed by atoms with E-state index in [0.29, 0.717) is 13.1 Å². The minimum absolute atomic E-state index is 0.120. The third kappa shape index (κ3) is 6.03. The molecule has 0 bridgehead atoms. The quantitative estimate of drug-likeness (QED) is 0.621. The van der Waals surface area contributed by atoms with E-state index in [-0.39, 0.29) is 22.9 Å². The Morgan fingerprint density at radius 3 is 2.18 bits per heavy atom. The predicted octanol–water partition coefficient (Wildman–Crippen LogP) is 0.270. The van der Waals surface area contributed by atoms with Crippen LogP contribution in [-0.2, 0) is 24.3 Å². The monoisotopic (exact) mass is 411 g/mol. The van der Waals surface area contributed by atoms with Gasteiger partial charge in [-0.2, -0.15) is 4.31 Å². The van der Waals surface area contributed by atoms with Crippen molar-refractivity contribution in [2.75, 3.05) is 33.3 Å². The number of ether oxygens (including phenoxy) is 1. The number of carbonyl (C=O) groups is 3. The van der Waals surface area contributed by atoms with Crippen LogP contribution >= 0.6 is 0 Å². The zero-order chi connectivity index (χ0) is 20.6. The number of amides is 2. The van der Waals surface area contributed by atoms with Gasteiger partial charge in [-0.1, -0.05) is 12.8 Å². The van der Waals surface area contributed by atoms with Crippen LogP contribution in [0.4, 0.5) is 0 Å². The fourth-order valence-corrected chi connectivity index (χ4v) is 4.24. The van der Waals surface area contributed by atoms with Gasteiger partial charge in [0.15, 0.2) is 6.61 Å². The highest BCUT2D eigenvalue weighted by molar-refractivity contribution is 7.89. The van der Waals surface area contributed by atoms with Crippen LogP contribution in [0, 0.1) is 0 Å². The van der Waals surface area contributed by atoms with E-state index in [2.05, 4.69) is 10.6 Å². The molecule has 154 valence electrons. The third-order valence-electron chi connectivity index (χ3n) is 4.35. The zero-order valence-corrected chi connectivity index (χ0v) is 16.6. The lowest BCUT2D eigenvalue weighted by Gasteiger charge is -2.19. The molecule has 9 nitrogen and oxygen atoms in total. The van der Waals surface area contributed by atoms with Crippen molar-refractivity contribution in [1.29, 1.82) is 0 Å². The Balaban J connectivity index is 1.93. The van der Waals surface area contributed by atoms with Crippen LogP contribution in [0.25, 0.3) is 0 Å². The molecule has 0 unspecified atom stereocenters. The second kappa shape index (κ2) is 10.2. The molecular weight excluding hydrogens is 386 g/mol. The number of carbonyl (C=O) groups excluding carboxylic acids is 3. The molecule has 1 aromatic rings. The molecule has 2 rings (SSSR count). The first-order valence-electron chi connectivity index (χ1n) is 9.09. The SMILES string of the molecule is CNC(=O)CNC(=O)COC(=O)c1ccc(S(=O)(=O)N2CCCCCC2)cc1. The first kappa shape index (κ1) is 21.8. The zero-order valence-electron chi connectivity index (χ0n) is 15.8. The molecule has 0 atom stereocenters. The number of rotatable bonds is 7. The van der Waals surface area contributed by atoms with E-state index in [1.165, 1.54) is 35.6 Å². The van der Waals surface area contributed by atoms with Crippen molar-refractivity contribution in [3.63, 3.8) is 0 Å². The van der Waals surface area contributed by atoms with Gasteiger partial charge in [0.25, 0.3) is 5.91 Å². The van der Waals surface area contributed by atoms with Crippen molar-refractivity contribution in [2.24, 2.45) is 0 Å². The molecule has 1 aromatic carbocycles. The smallest absolute Gasteiger partial charge is 0.338 e. The lowest BCUT2D eigenvalue weighted by atomic mass is 10.2. The minimum Gasteiger partial charge on any atom is -0.452 e. The number of hydrogen-bond acceptors (Lipinski definition) is 6. The first-order valence-corrected chi connectivity index (χ1v) is 10.5. The third-order valence-corrected chi connectivity index (χ3v) is 6.27. The van der Waals surface area contributed by atoms with E-state index in [4.69, 9.17) is 4.74 Å². The van der Waals surface area contributed by atoms with Crippen LogP contribution in [-0.4, -0.2) is 63.8 Å². The largest absolute Gasteiger partial charge is 0.452 e. The van der Waals surface area contributed by atoms with Gasteiger partial charge in [-0.3, -0.25) is 9.59 Å². The van der Waals surface area contributed by atoms with Crippen molar-refractivity contribution >= 4 is 27.8 Å². The second-order valence-electron chi connectivity index (χ2n) is 6.37. The van der Waals surface area contributed by atoms with Crippen LogP contribution in [0.5, 0.6) is 0 Å². The van der Waals surface area contributed by atoms with E-state index in [0.717, 1.165) is 25.7 Å². The summed E-state index contributed by atoms with van der Waals surface area (Å²) in [7, 11) is -2.16. The normalized spacial score (nSPS) is 15.3. The molecule has 1 aliphatic heterocycles. The van der Waals surface area contributed by atoms with Crippen LogP contribution in [0.15, 0.2) is 29.2 Å². The second-order valence-corrected chi connectivity index (χ2v) is 8.31. The summed E-state index contributed by atoms with van der Waals surface area (Å²) in [5, 5.41) is 4.64. The molecule has 0 aliphatic carbocycles. The summed E-state index contributed by atoms with van der Waals surface area (Å²) < 4.78 is 31.8. The maximum absolute atomic E-state index is 12.7. The Bertz CT molecular complexity index is 799. The Morgan fingerprint density at radius 2 is 1.61 bits per heavy atom. The van der Waals surface area contributed by atoms with Crippen molar-refractivity contribution in [1.82, 2.24) is 14.9 Å². The highest BCUT2D eigenvalue weighted by Gasteiger charge is 2.25. The Hall–Kier alpha value is -2.46. The fourth-order valence-electron chi connectivity index (χ4n) is 2.73. The van der Waals surface area contributed by atoms with E-state index < -0.39 is 28.5 Å². The average Bonchev–Trinajstić information content (AvgIpc) is 3.00. The summed E-state index contributed by atoms with van der Waals surface area (Å²) in [6, 6.07) is 5.44. The van der Waals surface area contributed by atoms with Crippen molar-refractivity contribution in [2.45, 2.75) is 30.6 Å². The van der Waals surface area contributed by atoms with Crippen molar-refractivity contribution in [3.05, 3.63) is 29.8 Å². The van der Waals surface area contributed by atoms with E-state index in [9.17, 15) is 22.8 Å². The molecule has 1 heterocycles. The summed E-state index contributed by atoms with van der Waals surface area (Å²) in [6.07, 6.45) is 3.72. The molecule has 2 amide bonds. The Morgan fingerprint density at radius 1 is 1.00 bits per heavy atom. The summed E-state index contributed by atoms with van der Waals surface area (Å²) in [4.78, 5) is 34.7. The molecular formula is C18H25N3O6S. The van der Waals surface area contributed by atoms with Crippen LogP contribution in [0.2, 0.25) is 0 Å². The molecule has 0 spiro atoms. The molecule has 0 aromatic heterocycles. The average molecular weight is 411 g/mol. The fraction of sp³-hybridized carbons (Fsp3) is 0.500. The summed E-state index contributed by atoms with van der Waals surface area (Å²) in [6.45, 7) is 0.244. The van der Waals surface area contributed by atoms with Crippen LogP contribution in [0.1, 0.15) is 36.0 Å². The maximum atomic E-state index is 12.7. The highest BCUT2D eigenvalue weighted by Crippen LogP contribution is 2.20. The first-order chi connectivity index (χ1) is 13.3. The minimum atomic E-state index is -3.59. The number of nitrogens with one attached hydrogen (secondary N) is 2. The van der Waals surface area contributed by atoms with Crippen molar-refractivity contribution in [3.8, 4) is 0 Å². The van der Waals surface area contributed by atoms with E-state index >= 15 is 0 Å². The van der Waals surface area contributed by atoms with Gasteiger partial charge in [-0.05, 0) is 37.1 Å². The number of esters is 1. The van der Waals surface area contributed by atoms with Crippen molar-refractivity contribution < 1.29 is 27.5 Å². The molecule has 0 saturated carbocycles. The van der Waals surface area contributed by atoms with Gasteiger partial charge >= 0.3 is 5.97 Å². The standard InChI is InChI=1S/C18H25N3O6S/c1-19-16(22)12-20-17(23)13-27-18(24)14-6-8-15(9-7-14)28(25,26)21-10-4-2-3-5-11-21/h6-9H,2-5,10-13H2,1H3,(H,19,22)(H,20,23). The number of nitrogens with zero attached hydrogens (tertiary/aromatic N) is 1. The molecule has 1 aliphatic rings. The highest BCUT2D eigenvalue weighted by atomic mass is 32.2. The number of benzene rings is 1. The van der Waals surface area contributed by atoms with Gasteiger partial charge in [-0.25, -0.2) is 13.2 Å². The van der Waals surface area contributed by atoms with Gasteiger partial charge in [-0.15, -0.1) is 0 Å². The molecule has 2 N–H and O–H groups in total. The van der Waals surface area contributed by atoms with E-state index in [1.54, 1.807) is 0 Å². The molecule has 1 saturated heterocycles. The van der Waals surface area contributed by atoms with Gasteiger partial charge in [0, 0.05) is 20.1 Å². The number of hydrogen-bond donors (Lipinski definition) is 2. The molecule has 1 fully saturated rings. The molecule has 28 heavy (non-hydrogen) atoms. The lowest BCUT2D eigenvalue weighted by molar-refractivity contribution is -0.127. The van der Waals surface area contributed by atoms with E-state index in [1.807, 2.05) is 0 Å². The maximum Gasteiger partial charge on any atom is 0.338 e. The van der Waals surface area contributed by atoms with Crippen LogP contribution < -0.4 is 10.6 Å². The number of sulfonamides is 1. The summed E-state index contributed by atoms with van der Waals surface area (Å²) >= 11 is 0. The lowest BCUT2D eigenvalue weighted by Crippen LogP contribution is -2.37. The van der Waals surface area contributed by atoms with Gasteiger partial charge in [0.1, 0.15) is 0 Å². The van der Waals surface area contributed by atoms with Gasteiger partial charge in [0.2, 0.25) is 15.9 Å². The van der Waals surface area contributed by atoms with Gasteiger partial charge in [0.05, 0.1) is 17.0 Å². The topological polar surface area (TPSA) is 122 Å². The Labute approximate surface area is 164 Å². The Kier molecular flexibility index (Phi) is 7.94. The predicted molar refractivity (Wildman–Crippen MR) is 101 cm³/mol. The number of likely N-dealkylation sites (N-methyl/N-ethyl adjacent to an activating group) is 1. The van der Waals surface area contributed by atoms with Gasteiger partial charge < -0.3 is 15.4 Å².